The van der Waals surface area contributed by atoms with Gasteiger partial charge in [0.15, 0.2) is 5.17 Å². The zero-order chi connectivity index (χ0) is 17.4. The number of carbonyl (C=O) groups is 1. The van der Waals surface area contributed by atoms with Crippen LogP contribution in [0.1, 0.15) is 18.2 Å². The molecule has 4 rings (SSSR count). The molecule has 25 heavy (non-hydrogen) atoms. The molecule has 5 nitrogen and oxygen atoms in total. The average Bonchev–Trinajstić information content (AvgIpc) is 3.22. The van der Waals surface area contributed by atoms with Gasteiger partial charge in [0.2, 0.25) is 0 Å². The molecule has 0 aliphatic carbocycles. The Morgan fingerprint density at radius 1 is 1.28 bits per heavy atom. The summed E-state index contributed by atoms with van der Waals surface area (Å²) in [6.07, 6.45) is 2.13. The first-order valence-electron chi connectivity index (χ1n) is 7.92. The molecule has 0 radical (unpaired) electrons. The number of carbonyl (C=O) groups excluding carboxylic acids is 1. The van der Waals surface area contributed by atoms with Gasteiger partial charge in [0, 0.05) is 17.1 Å². The van der Waals surface area contributed by atoms with E-state index in [2.05, 4.69) is 4.99 Å². The summed E-state index contributed by atoms with van der Waals surface area (Å²) in [5.74, 6) is 0.635. The Hall–Kier alpha value is -2.02. The van der Waals surface area contributed by atoms with Crippen molar-refractivity contribution in [1.29, 1.82) is 0 Å². The highest BCUT2D eigenvalue weighted by atomic mass is 35.5. The van der Waals surface area contributed by atoms with Gasteiger partial charge in [0.05, 0.1) is 12.8 Å². The van der Waals surface area contributed by atoms with Gasteiger partial charge in [0.25, 0.3) is 5.91 Å². The van der Waals surface area contributed by atoms with E-state index in [-0.39, 0.29) is 5.91 Å². The van der Waals surface area contributed by atoms with E-state index in [9.17, 15) is 4.79 Å². The van der Waals surface area contributed by atoms with Crippen molar-refractivity contribution < 1.29 is 9.21 Å². The normalized spacial score (nSPS) is 20.5. The average molecular weight is 374 g/mol. The quantitative estimate of drug-likeness (QED) is 0.808. The van der Waals surface area contributed by atoms with Gasteiger partial charge in [0.1, 0.15) is 11.8 Å². The van der Waals surface area contributed by atoms with Crippen molar-refractivity contribution in [1.82, 2.24) is 10.0 Å². The number of amides is 1. The van der Waals surface area contributed by atoms with Gasteiger partial charge < -0.3 is 4.42 Å². The molecule has 1 aromatic heterocycles. The van der Waals surface area contributed by atoms with Crippen LogP contribution in [-0.4, -0.2) is 27.1 Å². The van der Waals surface area contributed by atoms with E-state index in [0.29, 0.717) is 23.2 Å². The first kappa shape index (κ1) is 16.4. The Morgan fingerprint density at radius 2 is 2.12 bits per heavy atom. The minimum Gasteiger partial charge on any atom is -0.468 e. The van der Waals surface area contributed by atoms with E-state index in [1.165, 1.54) is 11.8 Å². The van der Waals surface area contributed by atoms with Crippen molar-refractivity contribution in [2.75, 3.05) is 0 Å². The van der Waals surface area contributed by atoms with Crippen molar-refractivity contribution in [3.8, 4) is 0 Å². The van der Waals surface area contributed by atoms with Crippen molar-refractivity contribution in [3.63, 3.8) is 0 Å². The second kappa shape index (κ2) is 6.71. The molecule has 0 bridgehead atoms. The Bertz CT molecular complexity index is 863. The minimum absolute atomic E-state index is 0.159. The number of thioether (sulfide) groups is 1. The lowest BCUT2D eigenvalue weighted by Gasteiger charge is -2.40. The molecule has 0 fully saturated rings. The maximum Gasteiger partial charge on any atom is 0.267 e. The molecule has 128 valence electrons. The molecule has 0 saturated carbocycles. The summed E-state index contributed by atoms with van der Waals surface area (Å²) in [5, 5.41) is 7.35. The summed E-state index contributed by atoms with van der Waals surface area (Å²) in [7, 11) is 0. The van der Waals surface area contributed by atoms with Crippen molar-refractivity contribution in [2.24, 2.45) is 4.99 Å². The lowest BCUT2D eigenvalue weighted by Crippen LogP contribution is -2.55. The Balaban J connectivity index is 1.70. The summed E-state index contributed by atoms with van der Waals surface area (Å²) >= 11 is 7.77. The van der Waals surface area contributed by atoms with Crippen molar-refractivity contribution in [3.05, 3.63) is 70.1 Å². The zero-order valence-corrected chi connectivity index (χ0v) is 15.1. The number of benzene rings is 1. The van der Waals surface area contributed by atoms with Crippen molar-refractivity contribution >= 4 is 34.4 Å². The third-order valence-corrected chi connectivity index (χ3v) is 5.53. The van der Waals surface area contributed by atoms with Crippen LogP contribution in [0.3, 0.4) is 0 Å². The maximum atomic E-state index is 12.7. The molecular weight excluding hydrogens is 358 g/mol. The molecule has 0 spiro atoms. The predicted octanol–water partition coefficient (Wildman–Crippen LogP) is 4.07. The number of aliphatic imine (C=N–C) groups is 1. The van der Waals surface area contributed by atoms with Gasteiger partial charge in [-0.1, -0.05) is 41.6 Å². The van der Waals surface area contributed by atoms with Crippen molar-refractivity contribution in [2.45, 2.75) is 25.9 Å². The minimum atomic E-state index is -0.434. The van der Waals surface area contributed by atoms with Gasteiger partial charge in [-0.05, 0) is 36.1 Å². The molecule has 7 heteroatoms. The topological polar surface area (TPSA) is 49.1 Å². The smallest absolute Gasteiger partial charge is 0.267 e. The SMILES string of the molecule is CC1=CSC2=NC(=O)C(Cc3ccccc3Cl)N(Cc3ccco3)N12. The van der Waals surface area contributed by atoms with Gasteiger partial charge in [-0.15, -0.1) is 0 Å². The molecular formula is C18H16ClN3O2S. The lowest BCUT2D eigenvalue weighted by atomic mass is 10.0. The largest absolute Gasteiger partial charge is 0.468 e. The number of rotatable bonds is 4. The molecule has 1 atom stereocenters. The number of allylic oxidation sites excluding steroid dienone is 1. The van der Waals surface area contributed by atoms with E-state index in [0.717, 1.165) is 17.0 Å². The highest BCUT2D eigenvalue weighted by molar-refractivity contribution is 8.16. The van der Waals surface area contributed by atoms with E-state index in [4.69, 9.17) is 16.0 Å². The van der Waals surface area contributed by atoms with Crippen LogP contribution in [0.5, 0.6) is 0 Å². The number of hydrazine groups is 1. The van der Waals surface area contributed by atoms with Crippen LogP contribution in [0.15, 0.2) is 63.2 Å². The number of hydrogen-bond donors (Lipinski definition) is 0. The van der Waals surface area contributed by atoms with E-state index >= 15 is 0 Å². The van der Waals surface area contributed by atoms with Gasteiger partial charge in [-0.2, -0.15) is 10.0 Å². The molecule has 2 aliphatic rings. The van der Waals surface area contributed by atoms with E-state index in [1.54, 1.807) is 6.26 Å². The number of hydrogen-bond acceptors (Lipinski definition) is 5. The summed E-state index contributed by atoms with van der Waals surface area (Å²) < 4.78 is 5.51. The first-order chi connectivity index (χ1) is 12.1. The fourth-order valence-corrected chi connectivity index (χ4v) is 4.10. The maximum absolute atomic E-state index is 12.7. The number of halogens is 1. The Labute approximate surface area is 154 Å². The predicted molar refractivity (Wildman–Crippen MR) is 98.8 cm³/mol. The standard InChI is InChI=1S/C18H16ClN3O2S/c1-12-11-25-18-20-17(23)16(9-13-5-2-3-7-15(13)19)21(22(12)18)10-14-6-4-8-24-14/h2-8,11,16H,9-10H2,1H3. The Morgan fingerprint density at radius 3 is 2.88 bits per heavy atom. The molecule has 0 N–H and O–H groups in total. The summed E-state index contributed by atoms with van der Waals surface area (Å²) in [6.45, 7) is 2.49. The molecule has 1 unspecified atom stereocenters. The summed E-state index contributed by atoms with van der Waals surface area (Å²) in [6, 6.07) is 10.9. The van der Waals surface area contributed by atoms with Gasteiger partial charge in [-0.25, -0.2) is 0 Å². The monoisotopic (exact) mass is 373 g/mol. The summed E-state index contributed by atoms with van der Waals surface area (Å²) in [5.41, 5.74) is 1.96. The number of amidine groups is 1. The molecule has 2 aromatic rings. The van der Waals surface area contributed by atoms with E-state index < -0.39 is 6.04 Å². The van der Waals surface area contributed by atoms with Crippen LogP contribution in [0, 0.1) is 0 Å². The highest BCUT2D eigenvalue weighted by Gasteiger charge is 2.40. The molecule has 1 amide bonds. The molecule has 0 saturated heterocycles. The van der Waals surface area contributed by atoms with Crippen LogP contribution >= 0.6 is 23.4 Å². The van der Waals surface area contributed by atoms with Crippen LogP contribution in [0.4, 0.5) is 0 Å². The second-order valence-corrected chi connectivity index (χ2v) is 7.15. The Kier molecular flexibility index (Phi) is 4.41. The fraction of sp³-hybridized carbons (Fsp3) is 0.222. The second-order valence-electron chi connectivity index (χ2n) is 5.91. The zero-order valence-electron chi connectivity index (χ0n) is 13.6. The van der Waals surface area contributed by atoms with Gasteiger partial charge in [-0.3, -0.25) is 9.80 Å². The number of fused-ring (bicyclic) bond motifs is 1. The van der Waals surface area contributed by atoms with Crippen LogP contribution in [-0.2, 0) is 17.8 Å². The third-order valence-electron chi connectivity index (χ3n) is 4.23. The first-order valence-corrected chi connectivity index (χ1v) is 9.17. The highest BCUT2D eigenvalue weighted by Crippen LogP contribution is 2.34. The third kappa shape index (κ3) is 3.13. The fourth-order valence-electron chi connectivity index (χ4n) is 3.02. The van der Waals surface area contributed by atoms with Crippen LogP contribution in [0.25, 0.3) is 0 Å². The van der Waals surface area contributed by atoms with Crippen LogP contribution < -0.4 is 0 Å². The molecule has 3 heterocycles. The number of furan rings is 1. The van der Waals surface area contributed by atoms with E-state index in [1.807, 2.05) is 58.7 Å². The summed E-state index contributed by atoms with van der Waals surface area (Å²) in [4.78, 5) is 17.0. The van der Waals surface area contributed by atoms with Crippen LogP contribution in [0.2, 0.25) is 5.02 Å². The van der Waals surface area contributed by atoms with Gasteiger partial charge >= 0.3 is 0 Å². The molecule has 2 aliphatic heterocycles. The molecule has 1 aromatic carbocycles. The number of nitrogens with zero attached hydrogens (tertiary/aromatic N) is 3. The lowest BCUT2D eigenvalue weighted by molar-refractivity contribution is -0.130.